The number of benzene rings is 5. The van der Waals surface area contributed by atoms with Crippen LogP contribution in [0.3, 0.4) is 0 Å². The third kappa shape index (κ3) is 4.97. The molecule has 0 amide bonds. The van der Waals surface area contributed by atoms with E-state index in [9.17, 15) is 5.26 Å². The zero-order chi connectivity index (χ0) is 32.5. The average molecular weight is 651 g/mol. The Labute approximate surface area is 290 Å². The molecule has 0 spiro atoms. The largest absolute Gasteiger partial charge is 0.208 e. The lowest BCUT2D eigenvalue weighted by Crippen LogP contribution is -2.48. The minimum atomic E-state index is 0.367. The fourth-order valence-corrected chi connectivity index (χ4v) is 10.8. The standard InChI is InChI=1S/C44H34N4S/c45-26-27-9-15-37-38-16-12-34(22-40(38)49-39(37)20-27)33-7-4-8-35(21-33)43-47-41(31-5-2-1-3-6-31)46-42(48-43)32-10-13-36(14-11-32)44-23-28-17-29(24-44)19-30(18-28)25-44/h1-16,20-22,28-30H,17-19,23-25H2/t28-,29-,30-,44?. The molecule has 0 unspecified atom stereocenters. The Bertz CT molecular complexity index is 2400. The molecule has 0 atom stereocenters. The van der Waals surface area contributed by atoms with Crippen molar-refractivity contribution in [1.82, 2.24) is 15.0 Å². The molecule has 2 heterocycles. The molecule has 2 aromatic heterocycles. The van der Waals surface area contributed by atoms with Gasteiger partial charge in [0.15, 0.2) is 17.5 Å². The molecule has 0 saturated heterocycles. The normalized spacial score (nSPS) is 22.5. The van der Waals surface area contributed by atoms with E-state index in [4.69, 9.17) is 15.0 Å². The Kier molecular flexibility index (Phi) is 6.57. The number of rotatable bonds is 5. The molecule has 0 radical (unpaired) electrons. The third-order valence-electron chi connectivity index (χ3n) is 11.5. The van der Waals surface area contributed by atoms with Crippen molar-refractivity contribution in [2.45, 2.75) is 43.9 Å². The number of nitriles is 1. The lowest BCUT2D eigenvalue weighted by Gasteiger charge is -2.57. The van der Waals surface area contributed by atoms with Crippen LogP contribution in [0.1, 0.15) is 49.7 Å². The van der Waals surface area contributed by atoms with Crippen molar-refractivity contribution in [2.24, 2.45) is 17.8 Å². The first kappa shape index (κ1) is 28.8. The van der Waals surface area contributed by atoms with E-state index in [0.29, 0.717) is 28.5 Å². The molecule has 236 valence electrons. The summed E-state index contributed by atoms with van der Waals surface area (Å²) >= 11 is 1.73. The van der Waals surface area contributed by atoms with Crippen LogP contribution in [-0.4, -0.2) is 15.0 Å². The highest BCUT2D eigenvalue weighted by Gasteiger charge is 2.51. The molecular weight excluding hydrogens is 617 g/mol. The first-order valence-electron chi connectivity index (χ1n) is 17.5. The number of hydrogen-bond donors (Lipinski definition) is 0. The van der Waals surface area contributed by atoms with Gasteiger partial charge in [-0.2, -0.15) is 5.26 Å². The topological polar surface area (TPSA) is 62.5 Å². The summed E-state index contributed by atoms with van der Waals surface area (Å²) in [5.41, 5.74) is 7.78. The maximum Gasteiger partial charge on any atom is 0.164 e. The molecule has 7 aromatic rings. The fourth-order valence-electron chi connectivity index (χ4n) is 9.65. The van der Waals surface area contributed by atoms with Gasteiger partial charge in [-0.1, -0.05) is 91.0 Å². The molecule has 4 saturated carbocycles. The second-order valence-corrected chi connectivity index (χ2v) is 15.7. The van der Waals surface area contributed by atoms with Crippen LogP contribution in [0.15, 0.2) is 115 Å². The lowest BCUT2D eigenvalue weighted by atomic mass is 9.48. The van der Waals surface area contributed by atoms with E-state index in [2.05, 4.69) is 91.0 Å². The van der Waals surface area contributed by atoms with Gasteiger partial charge in [-0.25, -0.2) is 15.0 Å². The van der Waals surface area contributed by atoms with Crippen molar-refractivity contribution < 1.29 is 0 Å². The maximum absolute atomic E-state index is 9.39. The predicted octanol–water partition coefficient (Wildman–Crippen LogP) is 11.2. The minimum Gasteiger partial charge on any atom is -0.208 e. The van der Waals surface area contributed by atoms with Crippen molar-refractivity contribution in [3.8, 4) is 51.4 Å². The minimum absolute atomic E-state index is 0.367. The van der Waals surface area contributed by atoms with Gasteiger partial charge in [-0.05, 0) is 103 Å². The summed E-state index contributed by atoms with van der Waals surface area (Å²) in [5.74, 6) is 4.82. The van der Waals surface area contributed by atoms with Gasteiger partial charge in [-0.3, -0.25) is 0 Å². The summed E-state index contributed by atoms with van der Waals surface area (Å²) in [6, 6.07) is 42.8. The number of hydrogen-bond acceptors (Lipinski definition) is 5. The van der Waals surface area contributed by atoms with Gasteiger partial charge < -0.3 is 0 Å². The number of fused-ring (bicyclic) bond motifs is 3. The van der Waals surface area contributed by atoms with Crippen LogP contribution in [-0.2, 0) is 5.41 Å². The van der Waals surface area contributed by atoms with Crippen molar-refractivity contribution in [1.29, 1.82) is 5.26 Å². The van der Waals surface area contributed by atoms with E-state index in [1.54, 1.807) is 11.3 Å². The van der Waals surface area contributed by atoms with Gasteiger partial charge in [0.1, 0.15) is 0 Å². The Balaban J connectivity index is 1.03. The number of nitrogens with zero attached hydrogens (tertiary/aromatic N) is 4. The van der Waals surface area contributed by atoms with Crippen LogP contribution >= 0.6 is 11.3 Å². The highest BCUT2D eigenvalue weighted by molar-refractivity contribution is 7.25. The molecule has 4 aliphatic carbocycles. The van der Waals surface area contributed by atoms with Crippen LogP contribution in [0.5, 0.6) is 0 Å². The van der Waals surface area contributed by atoms with Crippen LogP contribution < -0.4 is 0 Å². The van der Waals surface area contributed by atoms with Crippen LogP contribution in [0, 0.1) is 29.1 Å². The van der Waals surface area contributed by atoms with Gasteiger partial charge in [0, 0.05) is 36.9 Å². The molecule has 4 nitrogen and oxygen atoms in total. The van der Waals surface area contributed by atoms with E-state index in [1.165, 1.54) is 59.6 Å². The Morgan fingerprint density at radius 1 is 0.531 bits per heavy atom. The molecule has 5 heteroatoms. The van der Waals surface area contributed by atoms with E-state index < -0.39 is 0 Å². The van der Waals surface area contributed by atoms with Crippen LogP contribution in [0.4, 0.5) is 0 Å². The molecule has 4 aliphatic rings. The average Bonchev–Trinajstić information content (AvgIpc) is 3.52. The summed E-state index contributed by atoms with van der Waals surface area (Å²) in [5, 5.41) is 11.8. The highest BCUT2D eigenvalue weighted by atomic mass is 32.1. The smallest absolute Gasteiger partial charge is 0.164 e. The summed E-state index contributed by atoms with van der Waals surface area (Å²) < 4.78 is 2.34. The van der Waals surface area contributed by atoms with E-state index in [1.807, 2.05) is 30.3 Å². The van der Waals surface area contributed by atoms with Crippen molar-refractivity contribution in [3.05, 3.63) is 126 Å². The fraction of sp³-hybridized carbons (Fsp3) is 0.227. The van der Waals surface area contributed by atoms with Gasteiger partial charge in [0.05, 0.1) is 11.6 Å². The molecule has 4 bridgehead atoms. The molecule has 4 fully saturated rings. The number of thiophene rings is 1. The van der Waals surface area contributed by atoms with Gasteiger partial charge >= 0.3 is 0 Å². The van der Waals surface area contributed by atoms with E-state index >= 15 is 0 Å². The van der Waals surface area contributed by atoms with E-state index in [-0.39, 0.29) is 0 Å². The monoisotopic (exact) mass is 650 g/mol. The summed E-state index contributed by atoms with van der Waals surface area (Å²) in [6.07, 6.45) is 8.46. The SMILES string of the molecule is N#Cc1ccc2c(c1)sc1cc(-c3cccc(-c4nc(-c5ccccc5)nc(-c5ccc(C67C[C@H]8C[C@H](C6)C[C@@H](C7)C8)cc5)n4)c3)ccc12. The molecular formula is C44H34N4S. The second kappa shape index (κ2) is 11.2. The van der Waals surface area contributed by atoms with Crippen LogP contribution in [0.25, 0.3) is 65.5 Å². The van der Waals surface area contributed by atoms with Gasteiger partial charge in [0.25, 0.3) is 0 Å². The second-order valence-electron chi connectivity index (χ2n) is 14.7. The Hall–Kier alpha value is -5.18. The summed E-state index contributed by atoms with van der Waals surface area (Å²) in [4.78, 5) is 15.2. The molecule has 5 aromatic carbocycles. The zero-order valence-electron chi connectivity index (χ0n) is 27.1. The molecule has 49 heavy (non-hydrogen) atoms. The lowest BCUT2D eigenvalue weighted by molar-refractivity contribution is -0.00518. The Morgan fingerprint density at radius 3 is 1.73 bits per heavy atom. The van der Waals surface area contributed by atoms with Gasteiger partial charge in [0.2, 0.25) is 0 Å². The van der Waals surface area contributed by atoms with Crippen molar-refractivity contribution >= 4 is 31.5 Å². The van der Waals surface area contributed by atoms with Crippen molar-refractivity contribution in [3.63, 3.8) is 0 Å². The Morgan fingerprint density at radius 2 is 1.06 bits per heavy atom. The first-order valence-corrected chi connectivity index (χ1v) is 18.3. The summed E-state index contributed by atoms with van der Waals surface area (Å²) in [6.45, 7) is 0. The third-order valence-corrected chi connectivity index (χ3v) is 12.6. The molecule has 0 N–H and O–H groups in total. The number of aromatic nitrogens is 3. The van der Waals surface area contributed by atoms with E-state index in [0.717, 1.165) is 50.3 Å². The predicted molar refractivity (Wildman–Crippen MR) is 199 cm³/mol. The van der Waals surface area contributed by atoms with Gasteiger partial charge in [-0.15, -0.1) is 11.3 Å². The first-order chi connectivity index (χ1) is 24.1. The maximum atomic E-state index is 9.39. The van der Waals surface area contributed by atoms with Crippen molar-refractivity contribution in [2.75, 3.05) is 0 Å². The molecule has 0 aliphatic heterocycles. The zero-order valence-corrected chi connectivity index (χ0v) is 28.0. The molecule has 11 rings (SSSR count). The van der Waals surface area contributed by atoms with Crippen LogP contribution in [0.2, 0.25) is 0 Å². The summed E-state index contributed by atoms with van der Waals surface area (Å²) in [7, 11) is 0. The quantitative estimate of drug-likeness (QED) is 0.186. The highest BCUT2D eigenvalue weighted by Crippen LogP contribution is 2.60.